The molecule has 0 fully saturated rings. The normalized spacial score (nSPS) is 13.4. The van der Waals surface area contributed by atoms with E-state index in [0.717, 1.165) is 6.42 Å². The molecule has 0 saturated carbocycles. The van der Waals surface area contributed by atoms with E-state index < -0.39 is 0 Å². The predicted octanol–water partition coefficient (Wildman–Crippen LogP) is 2.26. The van der Waals surface area contributed by atoms with E-state index in [4.69, 9.17) is 5.11 Å². The number of hydrogen-bond donors (Lipinski definition) is 2. The lowest BCUT2D eigenvalue weighted by atomic mass is 10.1. The van der Waals surface area contributed by atoms with E-state index in [0.29, 0.717) is 6.04 Å². The van der Waals surface area contributed by atoms with Gasteiger partial charge in [0.2, 0.25) is 0 Å². The molecule has 0 spiro atoms. The highest BCUT2D eigenvalue weighted by Gasteiger charge is 2.02. The van der Waals surface area contributed by atoms with Gasteiger partial charge in [-0.1, -0.05) is 32.6 Å². The van der Waals surface area contributed by atoms with Gasteiger partial charge in [0.25, 0.3) is 0 Å². The lowest BCUT2D eigenvalue weighted by Gasteiger charge is -2.10. The lowest BCUT2D eigenvalue weighted by Crippen LogP contribution is -2.24. The van der Waals surface area contributed by atoms with Crippen molar-refractivity contribution in [3.63, 3.8) is 0 Å². The third kappa shape index (κ3) is 7.03. The van der Waals surface area contributed by atoms with E-state index in [1.54, 1.807) is 0 Å². The Kier molecular flexibility index (Phi) is 9.26. The summed E-state index contributed by atoms with van der Waals surface area (Å²) in [6.45, 7) is 2.47. The lowest BCUT2D eigenvalue weighted by molar-refractivity contribution is 0.252. The van der Waals surface area contributed by atoms with Crippen molar-refractivity contribution in [2.24, 2.45) is 0 Å². The first-order valence-corrected chi connectivity index (χ1v) is 5.40. The fourth-order valence-corrected chi connectivity index (χ4v) is 1.51. The summed E-state index contributed by atoms with van der Waals surface area (Å²) in [4.78, 5) is 0. The Hall–Kier alpha value is 0.650. The minimum atomic E-state index is 0.259. The van der Waals surface area contributed by atoms with Gasteiger partial charge in [-0.15, -0.1) is 0 Å². The number of aliphatic hydroxyl groups is 1. The Labute approximate surface area is 83.3 Å². The van der Waals surface area contributed by atoms with Crippen LogP contribution in [0, 0.1) is 0 Å². The Bertz CT molecular complexity index is 76.5. The number of hydrogen-bond acceptors (Lipinski definition) is 2. The molecule has 0 aromatic heterocycles. The molecule has 0 aliphatic heterocycles. The minimum absolute atomic E-state index is 0.259. The van der Waals surface area contributed by atoms with E-state index in [1.807, 2.05) is 0 Å². The standard InChI is InChI=1S/C8H18INO/c1-2-3-4-5-6-8(7-11)10-9/h8,10-11H,2-7H2,1H3. The topological polar surface area (TPSA) is 32.3 Å². The van der Waals surface area contributed by atoms with Crippen LogP contribution in [0.5, 0.6) is 0 Å². The molecule has 0 radical (unpaired) electrons. The second-order valence-electron chi connectivity index (χ2n) is 2.84. The van der Waals surface area contributed by atoms with Crippen molar-refractivity contribution >= 4 is 22.9 Å². The van der Waals surface area contributed by atoms with Gasteiger partial charge in [0, 0.05) is 28.9 Å². The first-order valence-electron chi connectivity index (χ1n) is 4.32. The molecule has 68 valence electrons. The SMILES string of the molecule is CCCCCCC(CO)NI. The quantitative estimate of drug-likeness (QED) is 0.423. The van der Waals surface area contributed by atoms with Gasteiger partial charge in [-0.25, -0.2) is 0 Å². The molecule has 0 aromatic carbocycles. The molecular formula is C8H18INO. The Morgan fingerprint density at radius 2 is 2.09 bits per heavy atom. The zero-order valence-electron chi connectivity index (χ0n) is 7.15. The molecule has 1 unspecified atom stereocenters. The highest BCUT2D eigenvalue weighted by Crippen LogP contribution is 2.05. The van der Waals surface area contributed by atoms with Gasteiger partial charge in [0.1, 0.15) is 0 Å². The van der Waals surface area contributed by atoms with Crippen LogP contribution in [0.3, 0.4) is 0 Å². The molecule has 1 atom stereocenters. The van der Waals surface area contributed by atoms with Crippen LogP contribution >= 0.6 is 22.9 Å². The summed E-state index contributed by atoms with van der Waals surface area (Å²) in [5.74, 6) is 0. The van der Waals surface area contributed by atoms with Crippen LogP contribution in [-0.4, -0.2) is 17.8 Å². The summed E-state index contributed by atoms with van der Waals surface area (Å²) >= 11 is 2.10. The largest absolute Gasteiger partial charge is 0.395 e. The number of halogens is 1. The van der Waals surface area contributed by atoms with Crippen LogP contribution in [0.25, 0.3) is 0 Å². The summed E-state index contributed by atoms with van der Waals surface area (Å²) in [6.07, 6.45) is 6.22. The molecule has 0 aliphatic rings. The molecule has 0 bridgehead atoms. The number of unbranched alkanes of at least 4 members (excludes halogenated alkanes) is 3. The monoisotopic (exact) mass is 271 g/mol. The smallest absolute Gasteiger partial charge is 0.0592 e. The van der Waals surface area contributed by atoms with Gasteiger partial charge < -0.3 is 5.11 Å². The van der Waals surface area contributed by atoms with Crippen molar-refractivity contribution in [1.29, 1.82) is 0 Å². The first kappa shape index (κ1) is 11.6. The molecule has 2 N–H and O–H groups in total. The fourth-order valence-electron chi connectivity index (χ4n) is 0.998. The summed E-state index contributed by atoms with van der Waals surface area (Å²) in [7, 11) is 0. The molecule has 0 rings (SSSR count). The van der Waals surface area contributed by atoms with E-state index in [-0.39, 0.29) is 6.61 Å². The molecule has 11 heavy (non-hydrogen) atoms. The van der Waals surface area contributed by atoms with Crippen molar-refractivity contribution in [2.45, 2.75) is 45.1 Å². The zero-order valence-corrected chi connectivity index (χ0v) is 9.30. The minimum Gasteiger partial charge on any atom is -0.395 e. The van der Waals surface area contributed by atoms with Gasteiger partial charge in [0.15, 0.2) is 0 Å². The van der Waals surface area contributed by atoms with Crippen molar-refractivity contribution < 1.29 is 5.11 Å². The Balaban J connectivity index is 3.07. The molecule has 0 aromatic rings. The molecule has 0 aliphatic carbocycles. The van der Waals surface area contributed by atoms with Crippen molar-refractivity contribution in [2.75, 3.05) is 6.61 Å². The van der Waals surface area contributed by atoms with Crippen LogP contribution in [0.15, 0.2) is 0 Å². The van der Waals surface area contributed by atoms with Crippen LogP contribution < -0.4 is 3.53 Å². The fraction of sp³-hybridized carbons (Fsp3) is 1.00. The molecule has 2 nitrogen and oxygen atoms in total. The maximum atomic E-state index is 8.82. The molecule has 0 amide bonds. The van der Waals surface area contributed by atoms with E-state index in [9.17, 15) is 0 Å². The van der Waals surface area contributed by atoms with Crippen molar-refractivity contribution in [3.8, 4) is 0 Å². The zero-order chi connectivity index (χ0) is 8.53. The third-order valence-electron chi connectivity index (χ3n) is 1.78. The Morgan fingerprint density at radius 3 is 2.55 bits per heavy atom. The van der Waals surface area contributed by atoms with E-state index in [2.05, 4.69) is 33.3 Å². The van der Waals surface area contributed by atoms with Gasteiger partial charge in [-0.3, -0.25) is 3.53 Å². The van der Waals surface area contributed by atoms with Crippen LogP contribution in [0.1, 0.15) is 39.0 Å². The maximum absolute atomic E-state index is 8.82. The maximum Gasteiger partial charge on any atom is 0.0592 e. The Morgan fingerprint density at radius 1 is 1.36 bits per heavy atom. The van der Waals surface area contributed by atoms with Gasteiger partial charge in [0.05, 0.1) is 6.61 Å². The van der Waals surface area contributed by atoms with Gasteiger partial charge in [-0.2, -0.15) is 0 Å². The van der Waals surface area contributed by atoms with Crippen molar-refractivity contribution in [3.05, 3.63) is 0 Å². The van der Waals surface area contributed by atoms with Crippen LogP contribution in [0.2, 0.25) is 0 Å². The summed E-state index contributed by atoms with van der Waals surface area (Å²) in [5.41, 5.74) is 0. The van der Waals surface area contributed by atoms with Gasteiger partial charge in [-0.05, 0) is 6.42 Å². The van der Waals surface area contributed by atoms with Gasteiger partial charge >= 0.3 is 0 Å². The van der Waals surface area contributed by atoms with Crippen LogP contribution in [0.4, 0.5) is 0 Å². The average Bonchev–Trinajstić information content (AvgIpc) is 2.05. The number of nitrogens with one attached hydrogen (secondary N) is 1. The molecule has 0 saturated heterocycles. The predicted molar refractivity (Wildman–Crippen MR) is 56.8 cm³/mol. The van der Waals surface area contributed by atoms with Crippen molar-refractivity contribution in [1.82, 2.24) is 3.53 Å². The number of aliphatic hydroxyl groups excluding tert-OH is 1. The highest BCUT2D eigenvalue weighted by molar-refractivity contribution is 14.1. The molecule has 0 heterocycles. The van der Waals surface area contributed by atoms with E-state index >= 15 is 0 Å². The molecule has 3 heteroatoms. The second-order valence-corrected chi connectivity index (χ2v) is 3.46. The molecular weight excluding hydrogens is 253 g/mol. The number of rotatable bonds is 7. The van der Waals surface area contributed by atoms with Crippen LogP contribution in [-0.2, 0) is 0 Å². The second kappa shape index (κ2) is 8.74. The third-order valence-corrected chi connectivity index (χ3v) is 2.66. The van der Waals surface area contributed by atoms with E-state index in [1.165, 1.54) is 25.7 Å². The first-order chi connectivity index (χ1) is 5.35. The average molecular weight is 271 g/mol. The highest BCUT2D eigenvalue weighted by atomic mass is 127. The summed E-state index contributed by atoms with van der Waals surface area (Å²) < 4.78 is 3.05. The summed E-state index contributed by atoms with van der Waals surface area (Å²) in [5, 5.41) is 8.82. The summed E-state index contributed by atoms with van der Waals surface area (Å²) in [6, 6.07) is 0.299.